The number of aliphatic carboxylic acids is 1. The van der Waals surface area contributed by atoms with Crippen LogP contribution in [0, 0.1) is 0 Å². The number of carbonyl (C=O) groups is 4. The first-order valence-corrected chi connectivity index (χ1v) is 10.9. The van der Waals surface area contributed by atoms with Crippen LogP contribution in [0.4, 0.5) is 5.13 Å². The van der Waals surface area contributed by atoms with E-state index in [0.717, 1.165) is 28.0 Å². The molecule has 12 heteroatoms. The number of carboxylic acids is 1. The number of thiocarbonyl (C=S) groups is 1. The summed E-state index contributed by atoms with van der Waals surface area (Å²) in [4.78, 5) is 53.8. The van der Waals surface area contributed by atoms with Gasteiger partial charge in [0.05, 0.1) is 17.2 Å². The first kappa shape index (κ1) is 22.6. The topological polar surface area (TPSA) is 126 Å². The summed E-state index contributed by atoms with van der Waals surface area (Å²) in [6.45, 7) is 1.04. The van der Waals surface area contributed by atoms with Crippen molar-refractivity contribution in [3.8, 4) is 0 Å². The van der Waals surface area contributed by atoms with Crippen LogP contribution in [0.5, 0.6) is 0 Å². The average molecular weight is 478 g/mol. The van der Waals surface area contributed by atoms with E-state index in [4.69, 9.17) is 22.1 Å². The van der Waals surface area contributed by atoms with Gasteiger partial charge in [0.2, 0.25) is 0 Å². The summed E-state index contributed by atoms with van der Waals surface area (Å²) in [5.74, 6) is -3.14. The summed E-state index contributed by atoms with van der Waals surface area (Å²) >= 11 is 6.96. The van der Waals surface area contributed by atoms with Gasteiger partial charge in [0.1, 0.15) is 16.4 Å². The van der Waals surface area contributed by atoms with Gasteiger partial charge in [0, 0.05) is 10.9 Å². The Kier molecular flexibility index (Phi) is 7.15. The average Bonchev–Trinajstić information content (AvgIpc) is 3.29. The second-order valence-corrected chi connectivity index (χ2v) is 8.44. The van der Waals surface area contributed by atoms with Crippen LogP contribution in [0.15, 0.2) is 40.6 Å². The number of hydrogen-bond acceptors (Lipinski definition) is 9. The molecule has 2 amide bonds. The maximum atomic E-state index is 12.7. The molecule has 1 aliphatic rings. The molecule has 0 spiro atoms. The quantitative estimate of drug-likeness (QED) is 0.351. The molecule has 1 aromatic heterocycles. The molecule has 1 aromatic carbocycles. The predicted molar refractivity (Wildman–Crippen MR) is 120 cm³/mol. The molecule has 3 rings (SSSR count). The Hall–Kier alpha value is -3.09. The van der Waals surface area contributed by atoms with Crippen molar-refractivity contribution in [2.45, 2.75) is 6.92 Å². The van der Waals surface area contributed by atoms with Crippen molar-refractivity contribution in [1.29, 1.82) is 0 Å². The first-order chi connectivity index (χ1) is 14.8. The number of rotatable bonds is 7. The Morgan fingerprint density at radius 3 is 2.61 bits per heavy atom. The number of amides is 2. The SMILES string of the molecule is CCOC(=O)C(=C1SC(=S)N(CC(=O)O)C1=O)c1csc(NC(=O)c2ccccc2)n1. The van der Waals surface area contributed by atoms with Crippen molar-refractivity contribution in [2.75, 3.05) is 18.5 Å². The van der Waals surface area contributed by atoms with Gasteiger partial charge in [-0.2, -0.15) is 0 Å². The van der Waals surface area contributed by atoms with E-state index in [1.54, 1.807) is 37.3 Å². The van der Waals surface area contributed by atoms with Gasteiger partial charge in [0.15, 0.2) is 5.13 Å². The smallest absolute Gasteiger partial charge is 0.341 e. The molecule has 0 aliphatic carbocycles. The van der Waals surface area contributed by atoms with Crippen LogP contribution in [0.1, 0.15) is 23.0 Å². The predicted octanol–water partition coefficient (Wildman–Crippen LogP) is 2.61. The van der Waals surface area contributed by atoms with E-state index in [1.807, 2.05) is 0 Å². The van der Waals surface area contributed by atoms with Crippen molar-refractivity contribution in [3.63, 3.8) is 0 Å². The fourth-order valence-corrected chi connectivity index (χ4v) is 4.56. The van der Waals surface area contributed by atoms with Crippen molar-refractivity contribution in [2.24, 2.45) is 0 Å². The Morgan fingerprint density at radius 2 is 1.97 bits per heavy atom. The summed E-state index contributed by atoms with van der Waals surface area (Å²) in [6.07, 6.45) is 0. The highest BCUT2D eigenvalue weighted by Gasteiger charge is 2.38. The minimum absolute atomic E-state index is 0.0111. The number of aromatic nitrogens is 1. The molecule has 9 nitrogen and oxygen atoms in total. The van der Waals surface area contributed by atoms with E-state index in [9.17, 15) is 19.2 Å². The van der Waals surface area contributed by atoms with Crippen LogP contribution in [0.3, 0.4) is 0 Å². The first-order valence-electron chi connectivity index (χ1n) is 8.81. The van der Waals surface area contributed by atoms with Gasteiger partial charge in [-0.1, -0.05) is 42.2 Å². The van der Waals surface area contributed by atoms with Crippen molar-refractivity contribution >= 4 is 74.1 Å². The molecule has 0 atom stereocenters. The summed E-state index contributed by atoms with van der Waals surface area (Å²) in [5, 5.41) is 13.4. The molecule has 160 valence electrons. The number of esters is 1. The van der Waals surface area contributed by atoms with Gasteiger partial charge in [-0.25, -0.2) is 9.78 Å². The fourth-order valence-electron chi connectivity index (χ4n) is 2.54. The highest BCUT2D eigenvalue weighted by molar-refractivity contribution is 8.26. The van der Waals surface area contributed by atoms with Crippen LogP contribution in [0.2, 0.25) is 0 Å². The third-order valence-corrected chi connectivity index (χ3v) is 6.07. The minimum Gasteiger partial charge on any atom is -0.480 e. The number of thiazole rings is 1. The second-order valence-electron chi connectivity index (χ2n) is 5.94. The molecule has 2 heterocycles. The molecule has 0 radical (unpaired) electrons. The molecule has 1 fully saturated rings. The van der Waals surface area contributed by atoms with E-state index in [2.05, 4.69) is 10.3 Å². The Balaban J connectivity index is 1.94. The molecule has 1 aliphatic heterocycles. The molecule has 0 saturated carbocycles. The largest absolute Gasteiger partial charge is 0.480 e. The lowest BCUT2D eigenvalue weighted by atomic mass is 10.2. The Bertz CT molecular complexity index is 1100. The van der Waals surface area contributed by atoms with Crippen molar-refractivity contribution in [1.82, 2.24) is 9.88 Å². The lowest BCUT2D eigenvalue weighted by Gasteiger charge is -2.11. The maximum Gasteiger partial charge on any atom is 0.341 e. The van der Waals surface area contributed by atoms with Gasteiger partial charge in [-0.05, 0) is 19.1 Å². The summed E-state index contributed by atoms with van der Waals surface area (Å²) < 4.78 is 5.08. The van der Waals surface area contributed by atoms with E-state index >= 15 is 0 Å². The molecule has 0 unspecified atom stereocenters. The summed E-state index contributed by atoms with van der Waals surface area (Å²) in [5.41, 5.74) is 0.408. The van der Waals surface area contributed by atoms with Gasteiger partial charge in [-0.15, -0.1) is 11.3 Å². The van der Waals surface area contributed by atoms with Gasteiger partial charge >= 0.3 is 11.9 Å². The fraction of sp³-hybridized carbons (Fsp3) is 0.158. The third-order valence-electron chi connectivity index (χ3n) is 3.87. The number of anilines is 1. The molecule has 0 bridgehead atoms. The zero-order chi connectivity index (χ0) is 22.5. The standard InChI is InChI=1S/C19H15N3O6S3/c1-2-28-17(27)13(14-16(26)22(8-12(23)24)19(29)31-14)11-9-30-18(20-11)21-15(25)10-6-4-3-5-7-10/h3-7,9H,2,8H2,1H3,(H,23,24)(H,20,21,25). The Morgan fingerprint density at radius 1 is 1.26 bits per heavy atom. The van der Waals surface area contributed by atoms with E-state index in [1.165, 1.54) is 5.38 Å². The number of carbonyl (C=O) groups excluding carboxylic acids is 3. The summed E-state index contributed by atoms with van der Waals surface area (Å²) in [6, 6.07) is 8.51. The molecule has 31 heavy (non-hydrogen) atoms. The molecule has 2 N–H and O–H groups in total. The van der Waals surface area contributed by atoms with Crippen LogP contribution in [-0.2, 0) is 19.1 Å². The number of hydrogen-bond donors (Lipinski definition) is 2. The van der Waals surface area contributed by atoms with Crippen LogP contribution in [0.25, 0.3) is 5.57 Å². The second kappa shape index (κ2) is 9.81. The van der Waals surface area contributed by atoms with Crippen LogP contribution < -0.4 is 5.32 Å². The van der Waals surface area contributed by atoms with Gasteiger partial charge in [0.25, 0.3) is 11.8 Å². The number of thioether (sulfide) groups is 1. The van der Waals surface area contributed by atoms with Crippen molar-refractivity contribution in [3.05, 3.63) is 51.9 Å². The number of benzene rings is 1. The summed E-state index contributed by atoms with van der Waals surface area (Å²) in [7, 11) is 0. The van der Waals surface area contributed by atoms with E-state index in [0.29, 0.717) is 5.56 Å². The number of nitrogens with zero attached hydrogens (tertiary/aromatic N) is 2. The third kappa shape index (κ3) is 5.16. The highest BCUT2D eigenvalue weighted by Crippen LogP contribution is 2.38. The number of nitrogens with one attached hydrogen (secondary N) is 1. The van der Waals surface area contributed by atoms with E-state index < -0.39 is 24.4 Å². The molecule has 1 saturated heterocycles. The van der Waals surface area contributed by atoms with Crippen LogP contribution >= 0.6 is 35.3 Å². The monoisotopic (exact) mass is 477 g/mol. The van der Waals surface area contributed by atoms with Crippen LogP contribution in [-0.4, -0.2) is 56.2 Å². The lowest BCUT2D eigenvalue weighted by molar-refractivity contribution is -0.140. The minimum atomic E-state index is -1.24. The molecular weight excluding hydrogens is 462 g/mol. The number of carboxylic acid groups (broad SMARTS) is 1. The van der Waals surface area contributed by atoms with E-state index in [-0.39, 0.29) is 38.1 Å². The number of ether oxygens (including phenoxy) is 1. The normalized spacial score (nSPS) is 15.1. The Labute approximate surface area is 190 Å². The molecule has 2 aromatic rings. The highest BCUT2D eigenvalue weighted by atomic mass is 32.2. The lowest BCUT2D eigenvalue weighted by Crippen LogP contribution is -2.33. The van der Waals surface area contributed by atoms with Gasteiger partial charge in [-0.3, -0.25) is 24.6 Å². The zero-order valence-corrected chi connectivity index (χ0v) is 18.4. The zero-order valence-electron chi connectivity index (χ0n) is 16.0. The van der Waals surface area contributed by atoms with Gasteiger partial charge < -0.3 is 9.84 Å². The maximum absolute atomic E-state index is 12.7. The van der Waals surface area contributed by atoms with Crippen molar-refractivity contribution < 1.29 is 29.0 Å². The molecular formula is C19H15N3O6S3.